The van der Waals surface area contributed by atoms with Crippen molar-refractivity contribution in [3.8, 4) is 11.1 Å². The average molecular weight is 441 g/mol. The summed E-state index contributed by atoms with van der Waals surface area (Å²) < 4.78 is 10.6. The third-order valence-electron chi connectivity index (χ3n) is 5.66. The highest BCUT2D eigenvalue weighted by molar-refractivity contribution is 6.30. The topological polar surface area (TPSA) is 52.6 Å². The molecule has 2 aromatic rings. The first kappa shape index (κ1) is 23.1. The number of Topliss-reactive ketones (excluding diaryl/α,β-unsaturated/α-hetero) is 1. The molecule has 31 heavy (non-hydrogen) atoms. The summed E-state index contributed by atoms with van der Waals surface area (Å²) in [6.07, 6.45) is 0.0950. The van der Waals surface area contributed by atoms with E-state index in [9.17, 15) is 9.59 Å². The van der Waals surface area contributed by atoms with Crippen LogP contribution in [-0.4, -0.2) is 18.5 Å². The van der Waals surface area contributed by atoms with Crippen LogP contribution in [0.1, 0.15) is 55.9 Å². The molecule has 0 saturated heterocycles. The summed E-state index contributed by atoms with van der Waals surface area (Å²) in [4.78, 5) is 25.5. The van der Waals surface area contributed by atoms with E-state index in [4.69, 9.17) is 21.1 Å². The number of ketones is 1. The number of aryl methyl sites for hydroxylation is 2. The Balaban J connectivity index is 2.25. The number of ether oxygens (including phenoxy) is 2. The van der Waals surface area contributed by atoms with Crippen LogP contribution in [0.2, 0.25) is 5.02 Å². The van der Waals surface area contributed by atoms with Gasteiger partial charge in [0.05, 0.1) is 12.2 Å². The maximum Gasteiger partial charge on any atom is 0.513 e. The molecule has 0 unspecified atom stereocenters. The van der Waals surface area contributed by atoms with Gasteiger partial charge in [-0.1, -0.05) is 43.6 Å². The molecule has 0 bridgehead atoms. The van der Waals surface area contributed by atoms with Gasteiger partial charge in [-0.15, -0.1) is 0 Å². The standard InChI is InChI=1S/C26H29ClO4/c1-7-30-25(29)31-21-14-26(5,6)13-20(28)24(21)23-16(3)12-15(2)22(17(23)4)18-8-10-19(27)11-9-18/h8-12H,7,13-14H2,1-6H3. The number of benzene rings is 2. The molecule has 0 atom stereocenters. The van der Waals surface area contributed by atoms with Gasteiger partial charge in [0.15, 0.2) is 5.78 Å². The fourth-order valence-electron chi connectivity index (χ4n) is 4.51. The second-order valence-corrected chi connectivity index (χ2v) is 9.35. The average Bonchev–Trinajstić information content (AvgIpc) is 2.64. The lowest BCUT2D eigenvalue weighted by Crippen LogP contribution is -2.28. The molecule has 0 N–H and O–H groups in total. The first-order chi connectivity index (χ1) is 14.5. The lowest BCUT2D eigenvalue weighted by atomic mass is 9.73. The largest absolute Gasteiger partial charge is 0.513 e. The predicted molar refractivity (Wildman–Crippen MR) is 124 cm³/mol. The van der Waals surface area contributed by atoms with Gasteiger partial charge in [0, 0.05) is 17.9 Å². The van der Waals surface area contributed by atoms with Crippen LogP contribution in [0.15, 0.2) is 36.1 Å². The highest BCUT2D eigenvalue weighted by atomic mass is 35.5. The Morgan fingerprint density at radius 2 is 1.65 bits per heavy atom. The summed E-state index contributed by atoms with van der Waals surface area (Å²) in [7, 11) is 0. The molecule has 0 spiro atoms. The first-order valence-corrected chi connectivity index (χ1v) is 10.9. The lowest BCUT2D eigenvalue weighted by molar-refractivity contribution is -0.116. The normalized spacial score (nSPS) is 15.8. The van der Waals surface area contributed by atoms with Gasteiger partial charge in [0.1, 0.15) is 5.76 Å². The molecule has 164 valence electrons. The van der Waals surface area contributed by atoms with E-state index in [0.29, 0.717) is 29.2 Å². The molecule has 0 saturated carbocycles. The van der Waals surface area contributed by atoms with Gasteiger partial charge in [0.2, 0.25) is 0 Å². The fraction of sp³-hybridized carbons (Fsp3) is 0.385. The molecule has 5 heteroatoms. The van der Waals surface area contributed by atoms with Crippen molar-refractivity contribution in [2.24, 2.45) is 5.41 Å². The Morgan fingerprint density at radius 1 is 1.03 bits per heavy atom. The van der Waals surface area contributed by atoms with Crippen molar-refractivity contribution in [2.45, 2.75) is 54.4 Å². The minimum Gasteiger partial charge on any atom is -0.434 e. The third-order valence-corrected chi connectivity index (χ3v) is 5.91. The van der Waals surface area contributed by atoms with E-state index in [-0.39, 0.29) is 17.8 Å². The fourth-order valence-corrected chi connectivity index (χ4v) is 4.63. The van der Waals surface area contributed by atoms with Crippen LogP contribution in [-0.2, 0) is 14.3 Å². The summed E-state index contributed by atoms with van der Waals surface area (Å²) in [5.41, 5.74) is 6.16. The summed E-state index contributed by atoms with van der Waals surface area (Å²) in [6.45, 7) is 12.0. The van der Waals surface area contributed by atoms with Crippen LogP contribution in [0.4, 0.5) is 4.79 Å². The zero-order valence-corrected chi connectivity index (χ0v) is 19.8. The molecule has 0 radical (unpaired) electrons. The summed E-state index contributed by atoms with van der Waals surface area (Å²) in [5, 5.41) is 0.670. The quantitative estimate of drug-likeness (QED) is 0.471. The van der Waals surface area contributed by atoms with E-state index in [1.807, 2.05) is 52.0 Å². The number of carbonyl (C=O) groups is 2. The molecule has 4 nitrogen and oxygen atoms in total. The van der Waals surface area contributed by atoms with Crippen molar-refractivity contribution in [1.82, 2.24) is 0 Å². The maximum atomic E-state index is 13.3. The summed E-state index contributed by atoms with van der Waals surface area (Å²) >= 11 is 6.08. The smallest absolute Gasteiger partial charge is 0.434 e. The second kappa shape index (κ2) is 8.88. The summed E-state index contributed by atoms with van der Waals surface area (Å²) in [5.74, 6) is 0.365. The first-order valence-electron chi connectivity index (χ1n) is 10.5. The Kier molecular flexibility index (Phi) is 6.61. The van der Waals surface area contributed by atoms with Crippen LogP contribution < -0.4 is 0 Å². The van der Waals surface area contributed by atoms with Gasteiger partial charge in [-0.05, 0) is 78.6 Å². The molecule has 3 rings (SSSR count). The van der Waals surface area contributed by atoms with Crippen LogP contribution >= 0.6 is 11.6 Å². The third kappa shape index (κ3) is 4.85. The van der Waals surface area contributed by atoms with E-state index in [2.05, 4.69) is 13.0 Å². The van der Waals surface area contributed by atoms with E-state index in [0.717, 1.165) is 33.4 Å². The van der Waals surface area contributed by atoms with Crippen LogP contribution in [0.3, 0.4) is 0 Å². The van der Waals surface area contributed by atoms with Crippen LogP contribution in [0, 0.1) is 26.2 Å². The Morgan fingerprint density at radius 3 is 2.26 bits per heavy atom. The minimum absolute atomic E-state index is 0.0207. The highest BCUT2D eigenvalue weighted by Crippen LogP contribution is 2.44. The van der Waals surface area contributed by atoms with Gasteiger partial charge in [0.25, 0.3) is 0 Å². The van der Waals surface area contributed by atoms with Crippen molar-refractivity contribution in [2.75, 3.05) is 6.61 Å². The maximum absolute atomic E-state index is 13.3. The Hall–Kier alpha value is -2.59. The van der Waals surface area contributed by atoms with Crippen LogP contribution in [0.25, 0.3) is 16.7 Å². The van der Waals surface area contributed by atoms with E-state index in [1.165, 1.54) is 0 Å². The van der Waals surface area contributed by atoms with Gasteiger partial charge in [-0.25, -0.2) is 4.79 Å². The SMILES string of the molecule is CCOC(=O)OC1=C(c2c(C)cc(C)c(-c3ccc(Cl)cc3)c2C)C(=O)CC(C)(C)C1. The van der Waals surface area contributed by atoms with Gasteiger partial charge in [-0.2, -0.15) is 0 Å². The number of hydrogen-bond donors (Lipinski definition) is 0. The monoisotopic (exact) mass is 440 g/mol. The van der Waals surface area contributed by atoms with Gasteiger partial charge < -0.3 is 9.47 Å². The molecule has 0 amide bonds. The van der Waals surface area contributed by atoms with Crippen LogP contribution in [0.5, 0.6) is 0 Å². The van der Waals surface area contributed by atoms with Gasteiger partial charge in [-0.3, -0.25) is 4.79 Å². The minimum atomic E-state index is -0.777. The molecule has 1 aliphatic rings. The summed E-state index contributed by atoms with van der Waals surface area (Å²) in [6, 6.07) is 9.75. The van der Waals surface area contributed by atoms with Crippen molar-refractivity contribution >= 4 is 29.1 Å². The number of halogens is 1. The molecule has 0 aliphatic heterocycles. The molecule has 0 fully saturated rings. The highest BCUT2D eigenvalue weighted by Gasteiger charge is 2.37. The van der Waals surface area contributed by atoms with Crippen molar-refractivity contribution in [1.29, 1.82) is 0 Å². The molecular weight excluding hydrogens is 412 g/mol. The number of hydrogen-bond acceptors (Lipinski definition) is 4. The van der Waals surface area contributed by atoms with Crippen molar-refractivity contribution in [3.63, 3.8) is 0 Å². The lowest BCUT2D eigenvalue weighted by Gasteiger charge is -2.32. The molecular formula is C26H29ClO4. The predicted octanol–water partition coefficient (Wildman–Crippen LogP) is 7.21. The number of allylic oxidation sites excluding steroid dienone is 2. The molecule has 2 aromatic carbocycles. The van der Waals surface area contributed by atoms with E-state index in [1.54, 1.807) is 6.92 Å². The van der Waals surface area contributed by atoms with E-state index < -0.39 is 6.16 Å². The van der Waals surface area contributed by atoms with Crippen molar-refractivity contribution in [3.05, 3.63) is 63.4 Å². The zero-order valence-electron chi connectivity index (χ0n) is 19.0. The molecule has 1 aliphatic carbocycles. The Labute approximate surface area is 189 Å². The van der Waals surface area contributed by atoms with E-state index >= 15 is 0 Å². The second-order valence-electron chi connectivity index (χ2n) is 8.92. The molecule has 0 aromatic heterocycles. The Bertz CT molecular complexity index is 1060. The van der Waals surface area contributed by atoms with Gasteiger partial charge >= 0.3 is 6.16 Å². The van der Waals surface area contributed by atoms with Crippen molar-refractivity contribution < 1.29 is 19.1 Å². The number of rotatable bonds is 4. The zero-order chi connectivity index (χ0) is 22.9. The number of carbonyl (C=O) groups excluding carboxylic acids is 2. The molecule has 0 heterocycles.